The highest BCUT2D eigenvalue weighted by atomic mass is 15.0. The molecule has 0 bridgehead atoms. The van der Waals surface area contributed by atoms with E-state index < -0.39 is 5.41 Å². The predicted molar refractivity (Wildman–Crippen MR) is 241 cm³/mol. The molecule has 0 unspecified atom stereocenters. The summed E-state index contributed by atoms with van der Waals surface area (Å²) in [6, 6.07) is 70.8. The molecule has 0 radical (unpaired) electrons. The first-order valence-corrected chi connectivity index (χ1v) is 20.4. The molecule has 1 heterocycles. The quantitative estimate of drug-likeness (QED) is 0.175. The van der Waals surface area contributed by atoms with Crippen LogP contribution in [0.5, 0.6) is 0 Å². The summed E-state index contributed by atoms with van der Waals surface area (Å²) in [6.07, 6.45) is 0. The first-order valence-electron chi connectivity index (χ1n) is 20.4. The SMILES string of the molecule is CC1(C)c2ccccc2C2(c3ccccc3-c3ccccc32)c2ccc(-c3ccccc3-c3nc(-c4ccccc4)nc(-c4cccc(-c5cccc(C#N)c5)c4)n3)cc21. The Balaban J connectivity index is 1.11. The first kappa shape index (κ1) is 35.4. The normalized spacial score (nSPS) is 13.8. The minimum absolute atomic E-state index is 0.285. The number of aromatic nitrogens is 3. The topological polar surface area (TPSA) is 62.5 Å². The van der Waals surface area contributed by atoms with Crippen LogP contribution < -0.4 is 0 Å². The Hall–Kier alpha value is -7.74. The average Bonchev–Trinajstić information content (AvgIpc) is 3.62. The molecule has 0 atom stereocenters. The molecule has 8 aromatic carbocycles. The molecular formula is C56H38N4. The highest BCUT2D eigenvalue weighted by Crippen LogP contribution is 2.62. The number of benzene rings is 8. The maximum Gasteiger partial charge on any atom is 0.164 e. The number of fused-ring (bicyclic) bond motifs is 9. The van der Waals surface area contributed by atoms with E-state index in [0.29, 0.717) is 23.0 Å². The van der Waals surface area contributed by atoms with Crippen LogP contribution in [0.1, 0.15) is 52.8 Å². The average molecular weight is 767 g/mol. The van der Waals surface area contributed by atoms with Gasteiger partial charge in [0, 0.05) is 22.1 Å². The zero-order valence-electron chi connectivity index (χ0n) is 33.3. The van der Waals surface area contributed by atoms with Gasteiger partial charge in [-0.3, -0.25) is 0 Å². The van der Waals surface area contributed by atoms with Crippen LogP contribution in [0.3, 0.4) is 0 Å². The molecule has 0 aliphatic heterocycles. The third-order valence-electron chi connectivity index (χ3n) is 12.6. The number of hydrogen-bond donors (Lipinski definition) is 0. The molecule has 0 N–H and O–H groups in total. The van der Waals surface area contributed by atoms with E-state index in [1.165, 1.54) is 44.5 Å². The van der Waals surface area contributed by atoms with Gasteiger partial charge in [0.2, 0.25) is 0 Å². The van der Waals surface area contributed by atoms with Gasteiger partial charge < -0.3 is 0 Å². The van der Waals surface area contributed by atoms with Gasteiger partial charge in [-0.05, 0) is 91.0 Å². The van der Waals surface area contributed by atoms with E-state index in [0.717, 1.165) is 38.9 Å². The van der Waals surface area contributed by atoms with Crippen LogP contribution in [-0.4, -0.2) is 15.0 Å². The van der Waals surface area contributed by atoms with E-state index >= 15 is 0 Å². The van der Waals surface area contributed by atoms with Gasteiger partial charge in [-0.1, -0.05) is 184 Å². The Kier molecular flexibility index (Phi) is 8.08. The van der Waals surface area contributed by atoms with Gasteiger partial charge >= 0.3 is 0 Å². The molecule has 0 fully saturated rings. The van der Waals surface area contributed by atoms with Crippen molar-refractivity contribution in [2.24, 2.45) is 0 Å². The van der Waals surface area contributed by atoms with Crippen molar-refractivity contribution in [1.29, 1.82) is 5.26 Å². The lowest BCUT2D eigenvalue weighted by molar-refractivity contribution is 0.563. The van der Waals surface area contributed by atoms with Crippen LogP contribution in [0.2, 0.25) is 0 Å². The summed E-state index contributed by atoms with van der Waals surface area (Å²) in [7, 11) is 0. The van der Waals surface area contributed by atoms with Crippen molar-refractivity contribution in [3.63, 3.8) is 0 Å². The molecule has 9 aromatic rings. The number of hydrogen-bond acceptors (Lipinski definition) is 4. The van der Waals surface area contributed by atoms with Gasteiger partial charge in [0.15, 0.2) is 17.5 Å². The standard InChI is InChI=1S/C56H38N4/c1-55(2)48-28-12-13-29-49(48)56(46-26-10-8-23-43(46)44-24-9-11-27-47(44)56)50-31-30-40(34-51(50)55)42-22-6-7-25-45(42)54-59-52(37-17-4-3-5-18-37)58-53(60-54)41-21-15-20-39(33-41)38-19-14-16-36(32-38)35-57/h3-34H,1-2H3. The molecule has 60 heavy (non-hydrogen) atoms. The fourth-order valence-electron chi connectivity index (χ4n) is 9.89. The predicted octanol–water partition coefficient (Wildman–Crippen LogP) is 13.1. The van der Waals surface area contributed by atoms with Crippen molar-refractivity contribution in [2.75, 3.05) is 0 Å². The number of nitrogens with zero attached hydrogens (tertiary/aromatic N) is 4. The summed E-state index contributed by atoms with van der Waals surface area (Å²) < 4.78 is 0. The maximum absolute atomic E-state index is 9.59. The second-order valence-corrected chi connectivity index (χ2v) is 16.3. The second kappa shape index (κ2) is 13.7. The first-order chi connectivity index (χ1) is 29.4. The largest absolute Gasteiger partial charge is 0.208 e. The minimum Gasteiger partial charge on any atom is -0.208 e. The van der Waals surface area contributed by atoms with Gasteiger partial charge in [-0.2, -0.15) is 5.26 Å². The molecule has 0 saturated heterocycles. The van der Waals surface area contributed by atoms with Crippen molar-refractivity contribution in [3.8, 4) is 73.6 Å². The molecule has 4 nitrogen and oxygen atoms in total. The molecule has 2 aliphatic carbocycles. The summed E-state index contributed by atoms with van der Waals surface area (Å²) in [4.78, 5) is 15.5. The molecule has 282 valence electrons. The number of nitriles is 1. The van der Waals surface area contributed by atoms with E-state index in [9.17, 15) is 5.26 Å². The van der Waals surface area contributed by atoms with Crippen molar-refractivity contribution in [2.45, 2.75) is 24.7 Å². The highest BCUT2D eigenvalue weighted by molar-refractivity contribution is 5.90. The van der Waals surface area contributed by atoms with E-state index in [4.69, 9.17) is 15.0 Å². The lowest BCUT2D eigenvalue weighted by Gasteiger charge is -2.46. The highest BCUT2D eigenvalue weighted by Gasteiger charge is 2.53. The van der Waals surface area contributed by atoms with E-state index in [-0.39, 0.29) is 5.41 Å². The third kappa shape index (κ3) is 5.33. The maximum atomic E-state index is 9.59. The van der Waals surface area contributed by atoms with Crippen LogP contribution in [0.4, 0.5) is 0 Å². The van der Waals surface area contributed by atoms with Gasteiger partial charge in [0.05, 0.1) is 17.0 Å². The Morgan fingerprint density at radius 1 is 0.350 bits per heavy atom. The fraction of sp³-hybridized carbons (Fsp3) is 0.0714. The molecule has 0 amide bonds. The van der Waals surface area contributed by atoms with Crippen molar-refractivity contribution in [1.82, 2.24) is 15.0 Å². The summed E-state index contributed by atoms with van der Waals surface area (Å²) in [5, 5.41) is 9.59. The molecule has 1 spiro atoms. The van der Waals surface area contributed by atoms with Crippen LogP contribution in [0, 0.1) is 11.3 Å². The molecule has 11 rings (SSSR count). The summed E-state index contributed by atoms with van der Waals surface area (Å²) in [6.45, 7) is 4.74. The zero-order valence-corrected chi connectivity index (χ0v) is 33.3. The molecule has 4 heteroatoms. The molecular weight excluding hydrogens is 729 g/mol. The van der Waals surface area contributed by atoms with Crippen LogP contribution in [0.25, 0.3) is 67.5 Å². The lowest BCUT2D eigenvalue weighted by atomic mass is 9.55. The molecule has 1 aromatic heterocycles. The van der Waals surface area contributed by atoms with Gasteiger partial charge in [0.1, 0.15) is 0 Å². The monoisotopic (exact) mass is 766 g/mol. The van der Waals surface area contributed by atoms with Crippen molar-refractivity contribution in [3.05, 3.63) is 233 Å². The minimum atomic E-state index is -0.454. The smallest absolute Gasteiger partial charge is 0.164 e. The van der Waals surface area contributed by atoms with Gasteiger partial charge in [0.25, 0.3) is 0 Å². The van der Waals surface area contributed by atoms with Crippen LogP contribution in [0.15, 0.2) is 194 Å². The second-order valence-electron chi connectivity index (χ2n) is 16.3. The van der Waals surface area contributed by atoms with Gasteiger partial charge in [-0.25, -0.2) is 15.0 Å². The zero-order chi connectivity index (χ0) is 40.4. The van der Waals surface area contributed by atoms with Crippen molar-refractivity contribution >= 4 is 0 Å². The third-order valence-corrected chi connectivity index (χ3v) is 12.6. The summed E-state index contributed by atoms with van der Waals surface area (Å²) in [5.74, 6) is 1.78. The van der Waals surface area contributed by atoms with Crippen LogP contribution in [-0.2, 0) is 10.8 Å². The van der Waals surface area contributed by atoms with Crippen LogP contribution >= 0.6 is 0 Å². The Morgan fingerprint density at radius 2 is 0.850 bits per heavy atom. The van der Waals surface area contributed by atoms with Gasteiger partial charge in [-0.15, -0.1) is 0 Å². The fourth-order valence-corrected chi connectivity index (χ4v) is 9.89. The Bertz CT molecular complexity index is 3160. The lowest BCUT2D eigenvalue weighted by Crippen LogP contribution is -2.40. The number of rotatable bonds is 5. The summed E-state index contributed by atoms with van der Waals surface area (Å²) >= 11 is 0. The Morgan fingerprint density at radius 3 is 1.55 bits per heavy atom. The van der Waals surface area contributed by atoms with E-state index in [1.807, 2.05) is 66.7 Å². The Labute approximate surface area is 350 Å². The molecule has 0 saturated carbocycles. The summed E-state index contributed by atoms with van der Waals surface area (Å²) in [5.41, 5.74) is 17.2. The van der Waals surface area contributed by atoms with Crippen molar-refractivity contribution < 1.29 is 0 Å². The van der Waals surface area contributed by atoms with E-state index in [1.54, 1.807) is 0 Å². The van der Waals surface area contributed by atoms with E-state index in [2.05, 4.69) is 147 Å². The molecule has 2 aliphatic rings.